The van der Waals surface area contributed by atoms with Crippen LogP contribution in [0.15, 0.2) is 36.5 Å². The van der Waals surface area contributed by atoms with Crippen LogP contribution in [0.3, 0.4) is 0 Å². The van der Waals surface area contributed by atoms with Gasteiger partial charge in [-0.05, 0) is 0 Å². The molecule has 0 aliphatic heterocycles. The van der Waals surface area contributed by atoms with Crippen molar-refractivity contribution in [1.29, 1.82) is 0 Å². The number of nitrogen functional groups attached to an aromatic ring is 1. The van der Waals surface area contributed by atoms with E-state index in [2.05, 4.69) is 9.97 Å². The Labute approximate surface area is 112 Å². The summed E-state index contributed by atoms with van der Waals surface area (Å²) in [7, 11) is 0. The van der Waals surface area contributed by atoms with Gasteiger partial charge in [-0.3, -0.25) is 4.79 Å². The number of rotatable bonds is 2. The molecule has 4 N–H and O–H groups in total. The van der Waals surface area contributed by atoms with Gasteiger partial charge in [-0.15, -0.1) is 11.3 Å². The van der Waals surface area contributed by atoms with Crippen molar-refractivity contribution in [3.8, 4) is 10.6 Å². The van der Waals surface area contributed by atoms with Gasteiger partial charge in [0.15, 0.2) is 5.82 Å². The van der Waals surface area contributed by atoms with Crippen molar-refractivity contribution in [2.45, 2.75) is 0 Å². The van der Waals surface area contributed by atoms with Crippen LogP contribution in [-0.2, 0) is 0 Å². The molecule has 19 heavy (non-hydrogen) atoms. The molecule has 94 valence electrons. The minimum Gasteiger partial charge on any atom is -0.382 e. The second kappa shape index (κ2) is 4.33. The molecule has 0 aliphatic carbocycles. The Morgan fingerprint density at radius 3 is 2.63 bits per heavy atom. The quantitative estimate of drug-likeness (QED) is 0.745. The normalized spacial score (nSPS) is 10.7. The number of anilines is 1. The number of nitrogens with zero attached hydrogens (tertiary/aromatic N) is 2. The Balaban J connectivity index is 2.29. The van der Waals surface area contributed by atoms with Gasteiger partial charge in [-0.1, -0.05) is 30.3 Å². The Hall–Kier alpha value is -2.47. The molecular weight excluding hydrogens is 260 g/mol. The van der Waals surface area contributed by atoms with Crippen LogP contribution in [0.5, 0.6) is 0 Å². The maximum atomic E-state index is 11.4. The Bertz CT molecular complexity index is 767. The zero-order valence-corrected chi connectivity index (χ0v) is 10.6. The fourth-order valence-corrected chi connectivity index (χ4v) is 2.90. The number of aromatic nitrogens is 2. The Kier molecular flexibility index (Phi) is 2.64. The van der Waals surface area contributed by atoms with E-state index in [-0.39, 0.29) is 0 Å². The monoisotopic (exact) mass is 270 g/mol. The van der Waals surface area contributed by atoms with E-state index in [1.165, 1.54) is 17.5 Å². The van der Waals surface area contributed by atoms with Crippen LogP contribution in [0, 0.1) is 0 Å². The van der Waals surface area contributed by atoms with Crippen molar-refractivity contribution in [3.05, 3.63) is 42.1 Å². The van der Waals surface area contributed by atoms with Gasteiger partial charge in [0.1, 0.15) is 10.5 Å². The summed E-state index contributed by atoms with van der Waals surface area (Å²) in [5, 5.41) is 0.790. The molecule has 0 radical (unpaired) electrons. The number of nitrogens with two attached hydrogens (primary N) is 2. The number of primary amides is 1. The van der Waals surface area contributed by atoms with Gasteiger partial charge in [0.2, 0.25) is 0 Å². The lowest BCUT2D eigenvalue weighted by Crippen LogP contribution is -2.11. The molecule has 1 aromatic carbocycles. The molecule has 3 rings (SSSR count). The molecule has 3 aromatic rings. The smallest absolute Gasteiger partial charge is 0.251 e. The van der Waals surface area contributed by atoms with Crippen LogP contribution in [0.4, 0.5) is 5.82 Å². The van der Waals surface area contributed by atoms with Crippen LogP contribution in [0.25, 0.3) is 20.8 Å². The highest BCUT2D eigenvalue weighted by Crippen LogP contribution is 2.33. The maximum absolute atomic E-state index is 11.4. The zero-order valence-electron chi connectivity index (χ0n) is 9.83. The summed E-state index contributed by atoms with van der Waals surface area (Å²) in [6, 6.07) is 9.69. The van der Waals surface area contributed by atoms with E-state index in [0.717, 1.165) is 10.6 Å². The standard InChI is InChI=1S/C13H10N4OS/c14-11-9-10(8(6-16-11)12(15)18)19-13(17-9)7-4-2-1-3-5-7/h1-6H,(H2,14,16)(H2,15,18). The second-order valence-electron chi connectivity index (χ2n) is 3.98. The van der Waals surface area contributed by atoms with Gasteiger partial charge in [-0.25, -0.2) is 9.97 Å². The van der Waals surface area contributed by atoms with Gasteiger partial charge < -0.3 is 11.5 Å². The first-order valence-corrected chi connectivity index (χ1v) is 6.38. The average molecular weight is 270 g/mol. The predicted molar refractivity (Wildman–Crippen MR) is 75.8 cm³/mol. The summed E-state index contributed by atoms with van der Waals surface area (Å²) in [5.74, 6) is -0.223. The van der Waals surface area contributed by atoms with Crippen LogP contribution >= 0.6 is 11.3 Å². The van der Waals surface area contributed by atoms with Crippen molar-refractivity contribution < 1.29 is 4.79 Å². The summed E-state index contributed by atoms with van der Waals surface area (Å²) < 4.78 is 0.679. The molecule has 0 unspecified atom stereocenters. The summed E-state index contributed by atoms with van der Waals surface area (Å²) in [5.41, 5.74) is 13.0. The van der Waals surface area contributed by atoms with E-state index >= 15 is 0 Å². The van der Waals surface area contributed by atoms with E-state index in [1.807, 2.05) is 30.3 Å². The highest BCUT2D eigenvalue weighted by molar-refractivity contribution is 7.22. The van der Waals surface area contributed by atoms with Crippen LogP contribution in [-0.4, -0.2) is 15.9 Å². The number of carbonyl (C=O) groups excluding carboxylic acids is 1. The van der Waals surface area contributed by atoms with Crippen molar-refractivity contribution in [2.75, 3.05) is 5.73 Å². The van der Waals surface area contributed by atoms with Crippen molar-refractivity contribution >= 4 is 33.3 Å². The van der Waals surface area contributed by atoms with Gasteiger partial charge in [0.05, 0.1) is 10.3 Å². The molecule has 1 amide bonds. The summed E-state index contributed by atoms with van der Waals surface area (Å²) >= 11 is 1.39. The topological polar surface area (TPSA) is 94.9 Å². The van der Waals surface area contributed by atoms with Gasteiger partial charge in [0, 0.05) is 11.8 Å². The van der Waals surface area contributed by atoms with Crippen molar-refractivity contribution in [1.82, 2.24) is 9.97 Å². The molecule has 0 atom stereocenters. The first kappa shape index (κ1) is 11.6. The van der Waals surface area contributed by atoms with Gasteiger partial charge in [0.25, 0.3) is 5.91 Å². The van der Waals surface area contributed by atoms with E-state index in [4.69, 9.17) is 11.5 Å². The fraction of sp³-hybridized carbons (Fsp3) is 0. The molecule has 0 aliphatic rings. The molecule has 0 saturated carbocycles. The van der Waals surface area contributed by atoms with Crippen molar-refractivity contribution in [3.63, 3.8) is 0 Å². The number of carbonyl (C=O) groups is 1. The number of amides is 1. The molecule has 2 heterocycles. The summed E-state index contributed by atoms with van der Waals surface area (Å²) in [6.45, 7) is 0. The van der Waals surface area contributed by atoms with E-state index < -0.39 is 5.91 Å². The average Bonchev–Trinajstić information content (AvgIpc) is 2.85. The molecule has 0 spiro atoms. The third kappa shape index (κ3) is 1.92. The SMILES string of the molecule is NC(=O)c1cnc(N)c2nc(-c3ccccc3)sc12. The Morgan fingerprint density at radius 1 is 1.21 bits per heavy atom. The molecular formula is C13H10N4OS. The maximum Gasteiger partial charge on any atom is 0.251 e. The number of pyridine rings is 1. The largest absolute Gasteiger partial charge is 0.382 e. The number of fused-ring (bicyclic) bond motifs is 1. The fourth-order valence-electron chi connectivity index (χ4n) is 1.81. The van der Waals surface area contributed by atoms with E-state index in [0.29, 0.717) is 21.6 Å². The number of benzene rings is 1. The molecule has 5 nitrogen and oxygen atoms in total. The van der Waals surface area contributed by atoms with Crippen LogP contribution in [0.2, 0.25) is 0 Å². The summed E-state index contributed by atoms with van der Waals surface area (Å²) in [6.07, 6.45) is 1.40. The lowest BCUT2D eigenvalue weighted by molar-refractivity contribution is 0.100. The molecule has 2 aromatic heterocycles. The third-order valence-corrected chi connectivity index (χ3v) is 3.87. The first-order valence-electron chi connectivity index (χ1n) is 5.57. The molecule has 0 bridgehead atoms. The molecule has 0 fully saturated rings. The second-order valence-corrected chi connectivity index (χ2v) is 4.98. The molecule has 0 saturated heterocycles. The predicted octanol–water partition coefficient (Wildman–Crippen LogP) is 2.04. The van der Waals surface area contributed by atoms with Gasteiger partial charge >= 0.3 is 0 Å². The van der Waals surface area contributed by atoms with Crippen LogP contribution in [0.1, 0.15) is 10.4 Å². The lowest BCUT2D eigenvalue weighted by atomic mass is 10.2. The van der Waals surface area contributed by atoms with Crippen molar-refractivity contribution in [2.24, 2.45) is 5.73 Å². The molecule has 6 heteroatoms. The minimum absolute atomic E-state index is 0.304. The van der Waals surface area contributed by atoms with E-state index in [1.54, 1.807) is 0 Å². The minimum atomic E-state index is -0.527. The van der Waals surface area contributed by atoms with Crippen LogP contribution < -0.4 is 11.5 Å². The number of hydrogen-bond donors (Lipinski definition) is 2. The highest BCUT2D eigenvalue weighted by atomic mass is 32.1. The number of thiazole rings is 1. The first-order chi connectivity index (χ1) is 9.16. The lowest BCUT2D eigenvalue weighted by Gasteiger charge is -1.97. The van der Waals surface area contributed by atoms with Gasteiger partial charge in [-0.2, -0.15) is 0 Å². The Morgan fingerprint density at radius 2 is 1.95 bits per heavy atom. The van der Waals surface area contributed by atoms with E-state index in [9.17, 15) is 4.79 Å². The summed E-state index contributed by atoms with van der Waals surface area (Å²) in [4.78, 5) is 19.8. The highest BCUT2D eigenvalue weighted by Gasteiger charge is 2.15. The third-order valence-electron chi connectivity index (χ3n) is 2.73. The number of hydrogen-bond acceptors (Lipinski definition) is 5. The zero-order chi connectivity index (χ0) is 13.4.